The largest absolute Gasteiger partial charge is 1.00 e. The molecule has 0 radical (unpaired) electrons. The standard InChI is InChI=1S/C12H15N3O5S.2K/c1-13-14-8-6-7(2-3-9(16)17)12(21)15(11(8)20)5-4-10(18)19;;/h6,21H,2-5H2,1H3,(H,16,17)(H,18,19);;/q;2*+1/p-2. The summed E-state index contributed by atoms with van der Waals surface area (Å²) < 4.78 is 1.10. The number of aromatic nitrogens is 1. The first-order chi connectivity index (χ1) is 9.86. The van der Waals surface area contributed by atoms with Gasteiger partial charge >= 0.3 is 103 Å². The molecule has 0 spiro atoms. The van der Waals surface area contributed by atoms with Crippen molar-refractivity contribution < 1.29 is 123 Å². The molecule has 0 aliphatic carbocycles. The fourth-order valence-electron chi connectivity index (χ4n) is 1.71. The molecule has 1 aromatic heterocycles. The quantitative estimate of drug-likeness (QED) is 0.282. The average molecular weight is 390 g/mol. The van der Waals surface area contributed by atoms with E-state index in [2.05, 4.69) is 22.9 Å². The molecule has 0 unspecified atom stereocenters. The maximum Gasteiger partial charge on any atom is 1.00 e. The van der Waals surface area contributed by atoms with Crippen molar-refractivity contribution in [2.24, 2.45) is 10.2 Å². The molecular formula is C12H13K2N3O5S. The van der Waals surface area contributed by atoms with Gasteiger partial charge in [-0.3, -0.25) is 4.79 Å². The smallest absolute Gasteiger partial charge is 0.550 e. The predicted molar refractivity (Wildman–Crippen MR) is 71.3 cm³/mol. The number of carbonyl (C=O) groups excluding carboxylic acids is 2. The minimum Gasteiger partial charge on any atom is -0.550 e. The van der Waals surface area contributed by atoms with E-state index in [1.54, 1.807) is 0 Å². The molecule has 11 heteroatoms. The number of carboxylic acids is 2. The van der Waals surface area contributed by atoms with Gasteiger partial charge in [0.15, 0.2) is 5.69 Å². The van der Waals surface area contributed by atoms with E-state index in [-0.39, 0.29) is 139 Å². The normalized spacial score (nSPS) is 10.0. The second-order valence-electron chi connectivity index (χ2n) is 4.13. The van der Waals surface area contributed by atoms with Gasteiger partial charge in [-0.25, -0.2) is 0 Å². The molecule has 0 N–H and O–H groups in total. The zero-order chi connectivity index (χ0) is 16.0. The number of hydrogen-bond donors (Lipinski definition) is 1. The molecule has 1 heterocycles. The molecule has 1 rings (SSSR count). The Bertz CT molecular complexity index is 648. The Morgan fingerprint density at radius 2 is 1.78 bits per heavy atom. The van der Waals surface area contributed by atoms with Crippen LogP contribution in [0.1, 0.15) is 18.4 Å². The zero-order valence-corrected chi connectivity index (χ0v) is 20.4. The maximum atomic E-state index is 12.1. The molecule has 23 heavy (non-hydrogen) atoms. The number of carboxylic acid groups (broad SMARTS) is 2. The first-order valence-electron chi connectivity index (χ1n) is 6.02. The maximum absolute atomic E-state index is 12.1. The summed E-state index contributed by atoms with van der Waals surface area (Å²) in [4.78, 5) is 33.2. The number of hydrogen-bond acceptors (Lipinski definition) is 8. The molecule has 0 saturated carbocycles. The summed E-state index contributed by atoms with van der Waals surface area (Å²) in [6.45, 7) is -0.147. The van der Waals surface area contributed by atoms with Crippen molar-refractivity contribution in [1.82, 2.24) is 4.57 Å². The first-order valence-corrected chi connectivity index (χ1v) is 6.46. The molecule has 0 saturated heterocycles. The second-order valence-corrected chi connectivity index (χ2v) is 4.55. The van der Waals surface area contributed by atoms with Crippen molar-refractivity contribution >= 4 is 30.3 Å². The van der Waals surface area contributed by atoms with Crippen LogP contribution in [0.2, 0.25) is 0 Å². The van der Waals surface area contributed by atoms with Gasteiger partial charge in [0.05, 0.1) is 5.03 Å². The number of nitrogens with zero attached hydrogens (tertiary/aromatic N) is 3. The molecule has 8 nitrogen and oxygen atoms in total. The Balaban J connectivity index is 0. The summed E-state index contributed by atoms with van der Waals surface area (Å²) in [5, 5.41) is 28.4. The third kappa shape index (κ3) is 8.85. The number of carbonyl (C=O) groups is 2. The third-order valence-electron chi connectivity index (χ3n) is 2.66. The molecule has 0 fully saturated rings. The Hall–Kier alpha value is 1.11. The van der Waals surface area contributed by atoms with Crippen LogP contribution in [-0.4, -0.2) is 23.6 Å². The minimum absolute atomic E-state index is 0. The predicted octanol–water partition coefficient (Wildman–Crippen LogP) is -7.32. The topological polar surface area (TPSA) is 127 Å². The van der Waals surface area contributed by atoms with Crippen LogP contribution >= 0.6 is 12.6 Å². The van der Waals surface area contributed by atoms with Gasteiger partial charge in [0.1, 0.15) is 0 Å². The van der Waals surface area contributed by atoms with Crippen LogP contribution in [0, 0.1) is 0 Å². The molecule has 0 aromatic carbocycles. The monoisotopic (exact) mass is 389 g/mol. The van der Waals surface area contributed by atoms with Crippen LogP contribution in [-0.2, 0) is 22.6 Å². The second kappa shape index (κ2) is 13.3. The number of rotatable bonds is 7. The van der Waals surface area contributed by atoms with Gasteiger partial charge in [-0.2, -0.15) is 10.2 Å². The molecule has 0 amide bonds. The Morgan fingerprint density at radius 1 is 1.22 bits per heavy atom. The van der Waals surface area contributed by atoms with Crippen molar-refractivity contribution in [1.29, 1.82) is 0 Å². The summed E-state index contributed by atoms with van der Waals surface area (Å²) in [7, 11) is 1.38. The van der Waals surface area contributed by atoms with Gasteiger partial charge in [0.25, 0.3) is 5.56 Å². The van der Waals surface area contributed by atoms with E-state index in [9.17, 15) is 24.6 Å². The molecule has 0 atom stereocenters. The summed E-state index contributed by atoms with van der Waals surface area (Å²) in [5.74, 6) is -2.55. The summed E-state index contributed by atoms with van der Waals surface area (Å²) >= 11 is 4.17. The molecular weight excluding hydrogens is 376 g/mol. The number of aliphatic carboxylic acids is 2. The van der Waals surface area contributed by atoms with E-state index in [1.807, 2.05) is 0 Å². The minimum atomic E-state index is -1.31. The van der Waals surface area contributed by atoms with E-state index in [4.69, 9.17) is 0 Å². The number of pyridine rings is 1. The van der Waals surface area contributed by atoms with Gasteiger partial charge in [-0.15, -0.1) is 12.6 Å². The van der Waals surface area contributed by atoms with Crippen LogP contribution in [0.5, 0.6) is 0 Å². The van der Waals surface area contributed by atoms with Crippen molar-refractivity contribution in [3.8, 4) is 0 Å². The number of azo groups is 1. The van der Waals surface area contributed by atoms with Crippen molar-refractivity contribution in [2.75, 3.05) is 7.05 Å². The summed E-state index contributed by atoms with van der Waals surface area (Å²) in [5.41, 5.74) is -0.117. The van der Waals surface area contributed by atoms with Gasteiger partial charge in [0, 0.05) is 32.0 Å². The Kier molecular flexibility index (Phi) is 15.3. The molecule has 0 aliphatic rings. The van der Waals surface area contributed by atoms with Crippen molar-refractivity contribution in [3.05, 3.63) is 22.0 Å². The van der Waals surface area contributed by atoms with Crippen LogP contribution in [0.15, 0.2) is 26.1 Å². The van der Waals surface area contributed by atoms with Gasteiger partial charge in [0.2, 0.25) is 0 Å². The van der Waals surface area contributed by atoms with E-state index in [0.29, 0.717) is 5.56 Å². The Morgan fingerprint density at radius 3 is 2.26 bits per heavy atom. The first kappa shape index (κ1) is 26.3. The molecule has 114 valence electrons. The van der Waals surface area contributed by atoms with E-state index in [1.165, 1.54) is 13.1 Å². The van der Waals surface area contributed by atoms with E-state index in [0.717, 1.165) is 4.57 Å². The van der Waals surface area contributed by atoms with Crippen LogP contribution in [0.3, 0.4) is 0 Å². The Labute approximate surface area is 223 Å². The average Bonchev–Trinajstić information content (AvgIpc) is 2.40. The van der Waals surface area contributed by atoms with Gasteiger partial charge < -0.3 is 24.4 Å². The van der Waals surface area contributed by atoms with Crippen molar-refractivity contribution in [3.63, 3.8) is 0 Å². The zero-order valence-electron chi connectivity index (χ0n) is 13.2. The van der Waals surface area contributed by atoms with E-state index >= 15 is 0 Å². The fourth-order valence-corrected chi connectivity index (χ4v) is 2.08. The van der Waals surface area contributed by atoms with Crippen molar-refractivity contribution in [2.45, 2.75) is 30.8 Å². The van der Waals surface area contributed by atoms with Crippen LogP contribution < -0.4 is 119 Å². The summed E-state index contributed by atoms with van der Waals surface area (Å²) in [6, 6.07) is 1.39. The molecule has 0 bridgehead atoms. The summed E-state index contributed by atoms with van der Waals surface area (Å²) in [6.07, 6.45) is -0.548. The number of thiol groups is 1. The SMILES string of the molecule is CN=Nc1cc(CCC(=O)[O-])c(S)n(CCC(=O)[O-])c1=O.[K+].[K+]. The van der Waals surface area contributed by atoms with Gasteiger partial charge in [-0.05, 0) is 24.5 Å². The number of aryl methyl sites for hydroxylation is 1. The van der Waals surface area contributed by atoms with Crippen LogP contribution in [0.25, 0.3) is 0 Å². The molecule has 1 aromatic rings. The van der Waals surface area contributed by atoms with Crippen LogP contribution in [0.4, 0.5) is 5.69 Å². The third-order valence-corrected chi connectivity index (χ3v) is 3.19. The fraction of sp³-hybridized carbons (Fsp3) is 0.417. The molecule has 0 aliphatic heterocycles. The van der Waals surface area contributed by atoms with Gasteiger partial charge in [-0.1, -0.05) is 0 Å². The van der Waals surface area contributed by atoms with E-state index < -0.39 is 17.5 Å².